The molecule has 3 heterocycles. The molecule has 1 atom stereocenters. The molecule has 0 bridgehead atoms. The van der Waals surface area contributed by atoms with Gasteiger partial charge < -0.3 is 10.6 Å². The summed E-state index contributed by atoms with van der Waals surface area (Å²) in [5, 5.41) is 0. The van der Waals surface area contributed by atoms with Crippen LogP contribution in [0.25, 0.3) is 11.2 Å². The highest BCUT2D eigenvalue weighted by atomic mass is 16.1. The Labute approximate surface area is 194 Å². The van der Waals surface area contributed by atoms with Crippen molar-refractivity contribution in [1.29, 1.82) is 0 Å². The van der Waals surface area contributed by atoms with Crippen LogP contribution in [0.2, 0.25) is 0 Å². The molecule has 1 unspecified atom stereocenters. The van der Waals surface area contributed by atoms with Crippen LogP contribution >= 0.6 is 0 Å². The molecule has 7 heteroatoms. The number of anilines is 1. The molecule has 1 aromatic carbocycles. The van der Waals surface area contributed by atoms with Gasteiger partial charge in [0.2, 0.25) is 5.95 Å². The average molecular weight is 447 g/mol. The standard InChI is InChI=1S/C26H34N6O/c1-30-22(15-14-19-9-4-2-5-10-19)28-24-23(25(30)33)32(17-20-11-6-3-7-12-20)26(29-24)31-16-8-13-21(27)18-31/h2,4-5,9-11,21H,3,6-8,12-18,27H2,1H3. The molecule has 0 saturated carbocycles. The topological polar surface area (TPSA) is 82.0 Å². The Kier molecular flexibility index (Phi) is 6.31. The Morgan fingerprint density at radius 3 is 2.70 bits per heavy atom. The Hall–Kier alpha value is -2.93. The molecular formula is C26H34N6O. The van der Waals surface area contributed by atoms with E-state index >= 15 is 0 Å². The van der Waals surface area contributed by atoms with Crippen molar-refractivity contribution in [3.8, 4) is 0 Å². The fourth-order valence-electron chi connectivity index (χ4n) is 5.15. The van der Waals surface area contributed by atoms with Crippen LogP contribution in [0, 0.1) is 0 Å². The number of piperidine rings is 1. The van der Waals surface area contributed by atoms with Crippen LogP contribution in [-0.4, -0.2) is 38.2 Å². The first-order chi connectivity index (χ1) is 16.1. The number of fused-ring (bicyclic) bond motifs is 1. The predicted octanol–water partition coefficient (Wildman–Crippen LogP) is 3.34. The number of benzene rings is 1. The summed E-state index contributed by atoms with van der Waals surface area (Å²) in [4.78, 5) is 25.7. The largest absolute Gasteiger partial charge is 0.341 e. The molecular weight excluding hydrogens is 412 g/mol. The molecule has 1 aliphatic carbocycles. The third-order valence-electron chi connectivity index (χ3n) is 7.03. The molecule has 1 fully saturated rings. The summed E-state index contributed by atoms with van der Waals surface area (Å²) in [6, 6.07) is 10.5. The quantitative estimate of drug-likeness (QED) is 0.587. The number of allylic oxidation sites excluding steroid dienone is 2. The molecule has 3 aromatic rings. The lowest BCUT2D eigenvalue weighted by Crippen LogP contribution is -2.44. The molecule has 7 nitrogen and oxygen atoms in total. The molecule has 2 aromatic heterocycles. The maximum absolute atomic E-state index is 13.6. The summed E-state index contributed by atoms with van der Waals surface area (Å²) >= 11 is 0. The number of nitrogens with two attached hydrogens (primary N) is 1. The van der Waals surface area contributed by atoms with E-state index in [1.54, 1.807) is 4.57 Å². The highest BCUT2D eigenvalue weighted by Crippen LogP contribution is 2.27. The maximum atomic E-state index is 13.6. The lowest BCUT2D eigenvalue weighted by atomic mass is 9.99. The molecule has 1 saturated heterocycles. The summed E-state index contributed by atoms with van der Waals surface area (Å²) in [6.07, 6.45) is 10.6. The van der Waals surface area contributed by atoms with Crippen LogP contribution in [0.1, 0.15) is 49.9 Å². The van der Waals surface area contributed by atoms with Gasteiger partial charge in [0.15, 0.2) is 11.2 Å². The van der Waals surface area contributed by atoms with E-state index < -0.39 is 0 Å². The second kappa shape index (κ2) is 9.51. The monoisotopic (exact) mass is 446 g/mol. The molecule has 33 heavy (non-hydrogen) atoms. The normalized spacial score (nSPS) is 19.2. The van der Waals surface area contributed by atoms with Crippen molar-refractivity contribution >= 4 is 17.1 Å². The van der Waals surface area contributed by atoms with Crippen molar-refractivity contribution < 1.29 is 0 Å². The summed E-state index contributed by atoms with van der Waals surface area (Å²) in [6.45, 7) is 2.39. The lowest BCUT2D eigenvalue weighted by molar-refractivity contribution is 0.494. The van der Waals surface area contributed by atoms with Crippen LogP contribution in [0.5, 0.6) is 0 Å². The summed E-state index contributed by atoms with van der Waals surface area (Å²) in [7, 11) is 1.84. The highest BCUT2D eigenvalue weighted by Gasteiger charge is 2.26. The Morgan fingerprint density at radius 1 is 1.09 bits per heavy atom. The van der Waals surface area contributed by atoms with E-state index in [1.807, 2.05) is 25.2 Å². The first kappa shape index (κ1) is 21.9. The fraction of sp³-hybridized carbons (Fsp3) is 0.500. The zero-order valence-electron chi connectivity index (χ0n) is 19.5. The van der Waals surface area contributed by atoms with E-state index in [-0.39, 0.29) is 11.6 Å². The van der Waals surface area contributed by atoms with Gasteiger partial charge in [-0.2, -0.15) is 4.98 Å². The van der Waals surface area contributed by atoms with Crippen molar-refractivity contribution in [2.24, 2.45) is 12.8 Å². The second-order valence-corrected chi connectivity index (χ2v) is 9.50. The van der Waals surface area contributed by atoms with Gasteiger partial charge in [-0.05, 0) is 50.5 Å². The Balaban J connectivity index is 1.55. The predicted molar refractivity (Wildman–Crippen MR) is 133 cm³/mol. The molecule has 2 aliphatic rings. The van der Waals surface area contributed by atoms with Gasteiger partial charge in [0.1, 0.15) is 5.82 Å². The number of imidazole rings is 1. The second-order valence-electron chi connectivity index (χ2n) is 9.50. The fourth-order valence-corrected chi connectivity index (χ4v) is 5.15. The minimum Gasteiger partial charge on any atom is -0.341 e. The zero-order chi connectivity index (χ0) is 22.8. The van der Waals surface area contributed by atoms with E-state index in [1.165, 1.54) is 24.0 Å². The van der Waals surface area contributed by atoms with Crippen molar-refractivity contribution in [3.05, 3.63) is 63.7 Å². The minimum atomic E-state index is -0.0143. The molecule has 5 rings (SSSR count). The van der Waals surface area contributed by atoms with Crippen molar-refractivity contribution in [3.63, 3.8) is 0 Å². The molecule has 0 radical (unpaired) electrons. The number of nitrogens with zero attached hydrogens (tertiary/aromatic N) is 5. The number of aryl methyl sites for hydroxylation is 2. The number of hydrogen-bond donors (Lipinski definition) is 1. The van der Waals surface area contributed by atoms with Crippen LogP contribution in [0.3, 0.4) is 0 Å². The summed E-state index contributed by atoms with van der Waals surface area (Å²) < 4.78 is 3.82. The summed E-state index contributed by atoms with van der Waals surface area (Å²) in [5.74, 6) is 1.62. The first-order valence-corrected chi connectivity index (χ1v) is 12.3. The SMILES string of the molecule is Cn1c(CCc2ccccc2)nc2nc(N3CCCC(N)C3)n(CC3=CCCCC3)c2c1=O. The number of rotatable bonds is 6. The average Bonchev–Trinajstić information content (AvgIpc) is 3.20. The van der Waals surface area contributed by atoms with Gasteiger partial charge in [-0.1, -0.05) is 42.0 Å². The van der Waals surface area contributed by atoms with Gasteiger partial charge in [-0.3, -0.25) is 13.9 Å². The van der Waals surface area contributed by atoms with E-state index in [0.29, 0.717) is 24.1 Å². The molecule has 1 aliphatic heterocycles. The van der Waals surface area contributed by atoms with Crippen molar-refractivity contribution in [1.82, 2.24) is 19.1 Å². The van der Waals surface area contributed by atoms with Crippen LogP contribution in [-0.2, 0) is 26.4 Å². The lowest BCUT2D eigenvalue weighted by Gasteiger charge is -2.32. The van der Waals surface area contributed by atoms with Gasteiger partial charge in [0, 0.05) is 39.1 Å². The highest BCUT2D eigenvalue weighted by molar-refractivity contribution is 5.74. The van der Waals surface area contributed by atoms with E-state index in [9.17, 15) is 4.79 Å². The third-order valence-corrected chi connectivity index (χ3v) is 7.03. The Bertz CT molecular complexity index is 1210. The van der Waals surface area contributed by atoms with Gasteiger partial charge in [-0.15, -0.1) is 0 Å². The zero-order valence-corrected chi connectivity index (χ0v) is 19.5. The third kappa shape index (κ3) is 4.60. The molecule has 0 amide bonds. The van der Waals surface area contributed by atoms with Gasteiger partial charge in [0.05, 0.1) is 0 Å². The maximum Gasteiger partial charge on any atom is 0.279 e. The molecule has 0 spiro atoms. The number of hydrogen-bond acceptors (Lipinski definition) is 5. The van der Waals surface area contributed by atoms with Gasteiger partial charge in [-0.25, -0.2) is 4.98 Å². The van der Waals surface area contributed by atoms with Crippen molar-refractivity contribution in [2.75, 3.05) is 18.0 Å². The first-order valence-electron chi connectivity index (χ1n) is 12.3. The van der Waals surface area contributed by atoms with Gasteiger partial charge >= 0.3 is 0 Å². The number of aromatic nitrogens is 4. The molecule has 174 valence electrons. The van der Waals surface area contributed by atoms with E-state index in [2.05, 4.69) is 27.7 Å². The van der Waals surface area contributed by atoms with E-state index in [4.69, 9.17) is 15.7 Å². The van der Waals surface area contributed by atoms with Crippen LogP contribution in [0.15, 0.2) is 46.8 Å². The van der Waals surface area contributed by atoms with Crippen LogP contribution < -0.4 is 16.2 Å². The summed E-state index contributed by atoms with van der Waals surface area (Å²) in [5.41, 5.74) is 10.1. The van der Waals surface area contributed by atoms with Crippen molar-refractivity contribution in [2.45, 2.75) is 64.0 Å². The smallest absolute Gasteiger partial charge is 0.279 e. The van der Waals surface area contributed by atoms with E-state index in [0.717, 1.165) is 57.0 Å². The van der Waals surface area contributed by atoms with Crippen LogP contribution in [0.4, 0.5) is 5.95 Å². The van der Waals surface area contributed by atoms with Gasteiger partial charge in [0.25, 0.3) is 5.56 Å². The Morgan fingerprint density at radius 2 is 1.94 bits per heavy atom. The minimum absolute atomic E-state index is 0.0143. The molecule has 2 N–H and O–H groups in total.